The molecule has 1 heteroatoms. The average molecular weight is 243 g/mol. The molecule has 2 aliphatic rings. The van der Waals surface area contributed by atoms with E-state index in [1.54, 1.807) is 11.1 Å². The van der Waals surface area contributed by atoms with Crippen molar-refractivity contribution in [1.29, 1.82) is 0 Å². The van der Waals surface area contributed by atoms with Crippen molar-refractivity contribution in [1.82, 2.24) is 5.32 Å². The number of rotatable bonds is 3. The predicted octanol–water partition coefficient (Wildman–Crippen LogP) is 3.71. The van der Waals surface area contributed by atoms with E-state index in [0.29, 0.717) is 0 Å². The minimum absolute atomic E-state index is 0.724. The third-order valence-electron chi connectivity index (χ3n) is 4.77. The van der Waals surface area contributed by atoms with Crippen LogP contribution in [0.5, 0.6) is 0 Å². The van der Waals surface area contributed by atoms with E-state index in [0.717, 1.165) is 12.0 Å². The summed E-state index contributed by atoms with van der Waals surface area (Å²) in [5.41, 5.74) is 3.15. The van der Waals surface area contributed by atoms with Gasteiger partial charge in [-0.05, 0) is 55.7 Å². The van der Waals surface area contributed by atoms with E-state index in [9.17, 15) is 0 Å². The number of fused-ring (bicyclic) bond motifs is 1. The summed E-state index contributed by atoms with van der Waals surface area (Å²) in [6.07, 6.45) is 11.1. The normalized spacial score (nSPS) is 24.8. The van der Waals surface area contributed by atoms with Crippen molar-refractivity contribution in [2.24, 2.45) is 5.92 Å². The van der Waals surface area contributed by atoms with E-state index < -0.39 is 0 Å². The van der Waals surface area contributed by atoms with Crippen LogP contribution in [0.1, 0.15) is 49.7 Å². The van der Waals surface area contributed by atoms with E-state index in [1.807, 2.05) is 0 Å². The molecule has 0 bridgehead atoms. The summed E-state index contributed by atoms with van der Waals surface area (Å²) in [4.78, 5) is 0. The molecule has 0 heterocycles. The van der Waals surface area contributed by atoms with Crippen molar-refractivity contribution >= 4 is 0 Å². The minimum atomic E-state index is 0.724. The molecule has 1 saturated carbocycles. The highest BCUT2D eigenvalue weighted by molar-refractivity contribution is 5.30. The Morgan fingerprint density at radius 3 is 2.56 bits per heavy atom. The Balaban J connectivity index is 1.50. The monoisotopic (exact) mass is 243 g/mol. The predicted molar refractivity (Wildman–Crippen MR) is 76.8 cm³/mol. The van der Waals surface area contributed by atoms with Gasteiger partial charge in [-0.3, -0.25) is 0 Å². The van der Waals surface area contributed by atoms with Gasteiger partial charge in [0.2, 0.25) is 0 Å². The highest BCUT2D eigenvalue weighted by Gasteiger charge is 2.19. The first kappa shape index (κ1) is 12.2. The lowest BCUT2D eigenvalue weighted by molar-refractivity contribution is 0.319. The summed E-state index contributed by atoms with van der Waals surface area (Å²) in [6, 6.07) is 9.69. The highest BCUT2D eigenvalue weighted by atomic mass is 14.9. The zero-order valence-electron chi connectivity index (χ0n) is 11.3. The molecule has 2 aliphatic carbocycles. The quantitative estimate of drug-likeness (QED) is 0.853. The maximum atomic E-state index is 3.83. The van der Waals surface area contributed by atoms with Crippen LogP contribution in [0.4, 0.5) is 0 Å². The van der Waals surface area contributed by atoms with E-state index in [4.69, 9.17) is 0 Å². The third-order valence-corrected chi connectivity index (χ3v) is 4.77. The van der Waals surface area contributed by atoms with Gasteiger partial charge in [0, 0.05) is 6.04 Å². The summed E-state index contributed by atoms with van der Waals surface area (Å²) in [5.74, 6) is 0.955. The second kappa shape index (κ2) is 5.88. The number of benzene rings is 1. The molecule has 0 saturated heterocycles. The summed E-state index contributed by atoms with van der Waals surface area (Å²) in [6.45, 7) is 1.26. The summed E-state index contributed by atoms with van der Waals surface area (Å²) in [5, 5.41) is 3.83. The Kier molecular flexibility index (Phi) is 3.99. The number of nitrogens with one attached hydrogen (secondary N) is 1. The van der Waals surface area contributed by atoms with Crippen molar-refractivity contribution in [3.05, 3.63) is 35.4 Å². The van der Waals surface area contributed by atoms with Crippen molar-refractivity contribution in [2.75, 3.05) is 6.54 Å². The lowest BCUT2D eigenvalue weighted by atomic mass is 9.86. The van der Waals surface area contributed by atoms with Crippen LogP contribution in [0, 0.1) is 5.92 Å². The largest absolute Gasteiger partial charge is 0.313 e. The van der Waals surface area contributed by atoms with Crippen molar-refractivity contribution < 1.29 is 0 Å². The molecule has 1 fully saturated rings. The van der Waals surface area contributed by atoms with Crippen molar-refractivity contribution in [3.63, 3.8) is 0 Å². The number of hydrogen-bond acceptors (Lipinski definition) is 1. The second-order valence-electron chi connectivity index (χ2n) is 6.12. The molecule has 1 aromatic rings. The number of aryl methyl sites for hydroxylation is 1. The molecular formula is C17H25N. The van der Waals surface area contributed by atoms with Crippen LogP contribution in [-0.4, -0.2) is 12.6 Å². The van der Waals surface area contributed by atoms with Crippen LogP contribution in [0.25, 0.3) is 0 Å². The summed E-state index contributed by atoms with van der Waals surface area (Å²) < 4.78 is 0. The van der Waals surface area contributed by atoms with Gasteiger partial charge in [-0.25, -0.2) is 0 Å². The van der Waals surface area contributed by atoms with Crippen molar-refractivity contribution in [2.45, 2.75) is 57.4 Å². The molecule has 0 radical (unpaired) electrons. The first-order valence-electron chi connectivity index (χ1n) is 7.72. The average Bonchev–Trinajstić information content (AvgIpc) is 2.46. The SMILES string of the molecule is c1ccc2c(c1)CCC(NCC1CCCCC1)C2. The molecular weight excluding hydrogens is 218 g/mol. The zero-order valence-corrected chi connectivity index (χ0v) is 11.3. The minimum Gasteiger partial charge on any atom is -0.313 e. The molecule has 18 heavy (non-hydrogen) atoms. The molecule has 0 spiro atoms. The van der Waals surface area contributed by atoms with Gasteiger partial charge in [-0.15, -0.1) is 0 Å². The molecule has 0 amide bonds. The highest BCUT2D eigenvalue weighted by Crippen LogP contribution is 2.24. The molecule has 1 atom stereocenters. The van der Waals surface area contributed by atoms with E-state index in [1.165, 1.54) is 57.9 Å². The van der Waals surface area contributed by atoms with Gasteiger partial charge in [0.25, 0.3) is 0 Å². The Bertz CT molecular complexity index is 379. The maximum absolute atomic E-state index is 3.83. The topological polar surface area (TPSA) is 12.0 Å². The van der Waals surface area contributed by atoms with E-state index in [2.05, 4.69) is 29.6 Å². The Morgan fingerprint density at radius 1 is 0.944 bits per heavy atom. The third kappa shape index (κ3) is 2.95. The van der Waals surface area contributed by atoms with Gasteiger partial charge in [0.05, 0.1) is 0 Å². The van der Waals surface area contributed by atoms with Gasteiger partial charge in [-0.2, -0.15) is 0 Å². The Morgan fingerprint density at radius 2 is 1.72 bits per heavy atom. The van der Waals surface area contributed by atoms with Crippen LogP contribution < -0.4 is 5.32 Å². The zero-order chi connectivity index (χ0) is 12.2. The van der Waals surface area contributed by atoms with Gasteiger partial charge in [0.15, 0.2) is 0 Å². The standard InChI is InChI=1S/C17H25N/c1-2-6-14(7-3-1)13-18-17-11-10-15-8-4-5-9-16(15)12-17/h4-5,8-9,14,17-18H,1-3,6-7,10-13H2. The second-order valence-corrected chi connectivity index (χ2v) is 6.12. The van der Waals surface area contributed by atoms with Gasteiger partial charge in [0.1, 0.15) is 0 Å². The van der Waals surface area contributed by atoms with Crippen LogP contribution in [0.2, 0.25) is 0 Å². The molecule has 1 unspecified atom stereocenters. The van der Waals surface area contributed by atoms with Gasteiger partial charge >= 0.3 is 0 Å². The fourth-order valence-corrected chi connectivity index (χ4v) is 3.60. The van der Waals surface area contributed by atoms with Gasteiger partial charge in [-0.1, -0.05) is 43.5 Å². The molecule has 3 rings (SSSR count). The molecule has 0 aromatic heterocycles. The van der Waals surface area contributed by atoms with Crippen molar-refractivity contribution in [3.8, 4) is 0 Å². The first-order chi connectivity index (χ1) is 8.92. The Hall–Kier alpha value is -0.820. The summed E-state index contributed by atoms with van der Waals surface area (Å²) in [7, 11) is 0. The molecule has 0 aliphatic heterocycles. The van der Waals surface area contributed by atoms with Crippen LogP contribution in [0.15, 0.2) is 24.3 Å². The smallest absolute Gasteiger partial charge is 0.0111 e. The first-order valence-corrected chi connectivity index (χ1v) is 7.72. The molecule has 98 valence electrons. The van der Waals surface area contributed by atoms with Crippen LogP contribution in [-0.2, 0) is 12.8 Å². The number of hydrogen-bond donors (Lipinski definition) is 1. The van der Waals surface area contributed by atoms with Crippen LogP contribution in [0.3, 0.4) is 0 Å². The molecule has 1 N–H and O–H groups in total. The lowest BCUT2D eigenvalue weighted by Gasteiger charge is -2.29. The molecule has 1 aromatic carbocycles. The molecule has 1 nitrogen and oxygen atoms in total. The Labute approximate surface area is 111 Å². The fourth-order valence-electron chi connectivity index (χ4n) is 3.60. The fraction of sp³-hybridized carbons (Fsp3) is 0.647. The maximum Gasteiger partial charge on any atom is 0.0111 e. The lowest BCUT2D eigenvalue weighted by Crippen LogP contribution is -2.38. The van der Waals surface area contributed by atoms with Crippen LogP contribution >= 0.6 is 0 Å². The van der Waals surface area contributed by atoms with E-state index in [-0.39, 0.29) is 0 Å². The summed E-state index contributed by atoms with van der Waals surface area (Å²) >= 11 is 0. The van der Waals surface area contributed by atoms with Gasteiger partial charge < -0.3 is 5.32 Å². The van der Waals surface area contributed by atoms with E-state index >= 15 is 0 Å².